The van der Waals surface area contributed by atoms with Gasteiger partial charge in [-0.15, -0.1) is 0 Å². The quantitative estimate of drug-likeness (QED) is 0.845. The van der Waals surface area contributed by atoms with Crippen LogP contribution in [-0.2, 0) is 13.1 Å². The van der Waals surface area contributed by atoms with Crippen LogP contribution in [-0.4, -0.2) is 16.3 Å². The van der Waals surface area contributed by atoms with E-state index in [-0.39, 0.29) is 5.82 Å². The maximum Gasteiger partial charge on any atom is 0.123 e. The summed E-state index contributed by atoms with van der Waals surface area (Å²) < 4.78 is 14.9. The van der Waals surface area contributed by atoms with Crippen molar-refractivity contribution in [2.24, 2.45) is 0 Å². The molecule has 1 heterocycles. The molecule has 18 heavy (non-hydrogen) atoms. The summed E-state index contributed by atoms with van der Waals surface area (Å²) in [7, 11) is 0. The first-order valence-corrected chi connectivity index (χ1v) is 6.16. The number of benzene rings is 1. The van der Waals surface area contributed by atoms with Gasteiger partial charge in [0.1, 0.15) is 5.82 Å². The Morgan fingerprint density at radius 2 is 2.28 bits per heavy atom. The second kappa shape index (κ2) is 5.98. The Labute approximate surface area is 111 Å². The van der Waals surface area contributed by atoms with E-state index in [0.717, 1.165) is 24.2 Å². The van der Waals surface area contributed by atoms with Crippen LogP contribution in [0.3, 0.4) is 0 Å². The molecule has 0 radical (unpaired) electrons. The molecule has 0 aliphatic rings. The van der Waals surface area contributed by atoms with Gasteiger partial charge in [0.25, 0.3) is 0 Å². The van der Waals surface area contributed by atoms with Gasteiger partial charge in [-0.05, 0) is 36.2 Å². The second-order valence-electron chi connectivity index (χ2n) is 4.19. The predicted octanol–water partition coefficient (Wildman–Crippen LogP) is 2.77. The fourth-order valence-corrected chi connectivity index (χ4v) is 1.87. The molecule has 2 rings (SSSR count). The van der Waals surface area contributed by atoms with Crippen molar-refractivity contribution in [3.05, 3.63) is 52.6 Å². The fourth-order valence-electron chi connectivity index (χ4n) is 1.68. The lowest BCUT2D eigenvalue weighted by Gasteiger charge is -2.07. The maximum absolute atomic E-state index is 13.0. The predicted molar refractivity (Wildman–Crippen MR) is 70.1 cm³/mol. The number of aromatic nitrogens is 2. The number of hydrogen-bond acceptors (Lipinski definition) is 2. The average molecular weight is 268 g/mol. The summed E-state index contributed by atoms with van der Waals surface area (Å²) in [5.41, 5.74) is 1.91. The van der Waals surface area contributed by atoms with E-state index in [4.69, 9.17) is 11.6 Å². The molecule has 3 nitrogen and oxygen atoms in total. The lowest BCUT2D eigenvalue weighted by molar-refractivity contribution is 0.553. The molecule has 5 heteroatoms. The van der Waals surface area contributed by atoms with Crippen LogP contribution < -0.4 is 5.32 Å². The molecule has 0 saturated carbocycles. The van der Waals surface area contributed by atoms with Crippen LogP contribution >= 0.6 is 11.6 Å². The molecule has 0 bridgehead atoms. The third-order valence-corrected chi connectivity index (χ3v) is 2.97. The summed E-state index contributed by atoms with van der Waals surface area (Å²) in [6.07, 6.45) is 3.81. The average Bonchev–Trinajstić information content (AvgIpc) is 2.75. The van der Waals surface area contributed by atoms with E-state index >= 15 is 0 Å². The lowest BCUT2D eigenvalue weighted by Crippen LogP contribution is -2.20. The highest BCUT2D eigenvalue weighted by Gasteiger charge is 2.01. The fraction of sp³-hybridized carbons (Fsp3) is 0.308. The summed E-state index contributed by atoms with van der Waals surface area (Å²) in [5.74, 6) is -0.265. The van der Waals surface area contributed by atoms with E-state index in [9.17, 15) is 4.39 Å². The van der Waals surface area contributed by atoms with Gasteiger partial charge in [-0.3, -0.25) is 4.68 Å². The van der Waals surface area contributed by atoms with Crippen LogP contribution in [0.1, 0.15) is 11.1 Å². The first-order chi connectivity index (χ1) is 8.65. The Bertz CT molecular complexity index is 525. The van der Waals surface area contributed by atoms with Crippen LogP contribution in [0.25, 0.3) is 0 Å². The van der Waals surface area contributed by atoms with Crippen molar-refractivity contribution in [3.63, 3.8) is 0 Å². The number of aryl methyl sites for hydroxylation is 1. The van der Waals surface area contributed by atoms with Crippen LogP contribution in [0.4, 0.5) is 4.39 Å². The molecule has 2 aromatic rings. The van der Waals surface area contributed by atoms with Gasteiger partial charge in [0.2, 0.25) is 0 Å². The Hall–Kier alpha value is -1.39. The molecule has 0 unspecified atom stereocenters. The van der Waals surface area contributed by atoms with E-state index in [1.54, 1.807) is 6.07 Å². The number of nitrogens with one attached hydrogen (secondary N) is 1. The van der Waals surface area contributed by atoms with Crippen molar-refractivity contribution in [2.45, 2.75) is 20.0 Å². The highest BCUT2D eigenvalue weighted by atomic mass is 35.5. The van der Waals surface area contributed by atoms with Gasteiger partial charge in [0.15, 0.2) is 0 Å². The topological polar surface area (TPSA) is 29.9 Å². The Kier molecular flexibility index (Phi) is 4.33. The van der Waals surface area contributed by atoms with Gasteiger partial charge in [-0.2, -0.15) is 5.10 Å². The molecule has 1 aromatic heterocycles. The summed E-state index contributed by atoms with van der Waals surface area (Å²) in [6.45, 7) is 4.09. The number of rotatable bonds is 5. The van der Waals surface area contributed by atoms with E-state index in [2.05, 4.69) is 10.4 Å². The van der Waals surface area contributed by atoms with Crippen LogP contribution in [0, 0.1) is 12.7 Å². The number of nitrogens with zero attached hydrogens (tertiary/aromatic N) is 2. The monoisotopic (exact) mass is 267 g/mol. The molecular formula is C13H15ClFN3. The lowest BCUT2D eigenvalue weighted by atomic mass is 10.2. The molecule has 96 valence electrons. The third kappa shape index (κ3) is 3.55. The molecule has 0 atom stereocenters. The first-order valence-electron chi connectivity index (χ1n) is 5.79. The van der Waals surface area contributed by atoms with Gasteiger partial charge in [0, 0.05) is 24.3 Å². The Morgan fingerprint density at radius 1 is 1.44 bits per heavy atom. The van der Waals surface area contributed by atoms with Gasteiger partial charge in [-0.25, -0.2) is 4.39 Å². The maximum atomic E-state index is 13.0. The highest BCUT2D eigenvalue weighted by molar-refractivity contribution is 6.31. The number of halogens is 2. The minimum atomic E-state index is -0.265. The van der Waals surface area contributed by atoms with E-state index in [1.165, 1.54) is 12.1 Å². The van der Waals surface area contributed by atoms with Crippen LogP contribution in [0.2, 0.25) is 5.02 Å². The van der Waals surface area contributed by atoms with Crippen molar-refractivity contribution in [2.75, 3.05) is 6.54 Å². The minimum Gasteiger partial charge on any atom is -0.311 e. The zero-order chi connectivity index (χ0) is 13.0. The van der Waals surface area contributed by atoms with E-state index in [0.29, 0.717) is 11.6 Å². The first kappa shape index (κ1) is 13.1. The summed E-state index contributed by atoms with van der Waals surface area (Å²) in [4.78, 5) is 0. The zero-order valence-corrected chi connectivity index (χ0v) is 10.9. The van der Waals surface area contributed by atoms with Crippen molar-refractivity contribution < 1.29 is 4.39 Å². The van der Waals surface area contributed by atoms with Crippen molar-refractivity contribution in [1.82, 2.24) is 15.1 Å². The van der Waals surface area contributed by atoms with Crippen LogP contribution in [0.5, 0.6) is 0 Å². The van der Waals surface area contributed by atoms with Gasteiger partial charge in [0.05, 0.1) is 12.7 Å². The highest BCUT2D eigenvalue weighted by Crippen LogP contribution is 2.16. The van der Waals surface area contributed by atoms with E-state index < -0.39 is 0 Å². The van der Waals surface area contributed by atoms with Crippen LogP contribution in [0.15, 0.2) is 30.6 Å². The molecule has 0 amide bonds. The minimum absolute atomic E-state index is 0.265. The molecule has 0 fully saturated rings. The molecule has 0 saturated heterocycles. The third-order valence-electron chi connectivity index (χ3n) is 2.60. The Balaban J connectivity index is 1.80. The van der Waals surface area contributed by atoms with Gasteiger partial charge < -0.3 is 5.32 Å². The largest absolute Gasteiger partial charge is 0.311 e. The van der Waals surface area contributed by atoms with Gasteiger partial charge >= 0.3 is 0 Å². The molecular weight excluding hydrogens is 253 g/mol. The van der Waals surface area contributed by atoms with Gasteiger partial charge in [-0.1, -0.05) is 11.6 Å². The summed E-state index contributed by atoms with van der Waals surface area (Å²) >= 11 is 5.97. The van der Waals surface area contributed by atoms with Crippen molar-refractivity contribution >= 4 is 11.6 Å². The van der Waals surface area contributed by atoms with Crippen molar-refractivity contribution in [3.8, 4) is 0 Å². The molecule has 1 aromatic carbocycles. The second-order valence-corrected chi connectivity index (χ2v) is 4.60. The standard InChI is InChI=1S/C13H15ClFN3/c1-10-7-17-18(9-10)5-4-16-8-11-6-12(15)2-3-13(11)14/h2-3,6-7,9,16H,4-5,8H2,1H3. The van der Waals surface area contributed by atoms with Crippen molar-refractivity contribution in [1.29, 1.82) is 0 Å². The summed E-state index contributed by atoms with van der Waals surface area (Å²) in [6, 6.07) is 4.39. The molecule has 1 N–H and O–H groups in total. The Morgan fingerprint density at radius 3 is 3.00 bits per heavy atom. The smallest absolute Gasteiger partial charge is 0.123 e. The molecule has 0 aliphatic heterocycles. The zero-order valence-electron chi connectivity index (χ0n) is 10.2. The molecule has 0 spiro atoms. The SMILES string of the molecule is Cc1cnn(CCNCc2cc(F)ccc2Cl)c1. The number of hydrogen-bond donors (Lipinski definition) is 1. The van der Waals surface area contributed by atoms with E-state index in [1.807, 2.05) is 24.0 Å². The normalized spacial score (nSPS) is 10.8. The summed E-state index contributed by atoms with van der Waals surface area (Å²) in [5, 5.41) is 7.98. The molecule has 0 aliphatic carbocycles.